The van der Waals surface area contributed by atoms with Crippen molar-refractivity contribution in [2.24, 2.45) is 13.0 Å². The van der Waals surface area contributed by atoms with Gasteiger partial charge in [0.1, 0.15) is 0 Å². The summed E-state index contributed by atoms with van der Waals surface area (Å²) in [5.74, 6) is -0.118. The Hall–Kier alpha value is -2.02. The summed E-state index contributed by atoms with van der Waals surface area (Å²) in [5.41, 5.74) is 2.00. The number of piperidine rings is 1. The number of hydrogen-bond donors (Lipinski definition) is 0. The number of carbonyl (C=O) groups is 2. The van der Waals surface area contributed by atoms with Crippen molar-refractivity contribution in [3.05, 3.63) is 24.3 Å². The average molecular weight is 375 g/mol. The smallest absolute Gasteiger partial charge is 0.309 e. The van der Waals surface area contributed by atoms with Gasteiger partial charge in [-0.2, -0.15) is 0 Å². The lowest BCUT2D eigenvalue weighted by molar-refractivity contribution is -0.151. The lowest BCUT2D eigenvalue weighted by atomic mass is 9.97. The Labute approximate surface area is 157 Å². The minimum absolute atomic E-state index is 0.0817. The average Bonchev–Trinajstić information content (AvgIpc) is 2.97. The molecule has 0 N–H and O–H groups in total. The Balaban J connectivity index is 1.60. The molecule has 1 fully saturated rings. The van der Waals surface area contributed by atoms with Crippen molar-refractivity contribution in [1.82, 2.24) is 14.5 Å². The molecular weight excluding hydrogens is 350 g/mol. The van der Waals surface area contributed by atoms with E-state index in [4.69, 9.17) is 4.74 Å². The summed E-state index contributed by atoms with van der Waals surface area (Å²) in [4.78, 5) is 31.1. The molecule has 1 saturated heterocycles. The highest BCUT2D eigenvalue weighted by atomic mass is 32.2. The number of benzene rings is 1. The Morgan fingerprint density at radius 1 is 1.31 bits per heavy atom. The van der Waals surface area contributed by atoms with Crippen molar-refractivity contribution in [3.63, 3.8) is 0 Å². The van der Waals surface area contributed by atoms with E-state index >= 15 is 0 Å². The van der Waals surface area contributed by atoms with Crippen LogP contribution in [0.5, 0.6) is 0 Å². The first-order chi connectivity index (χ1) is 12.5. The fourth-order valence-corrected chi connectivity index (χ4v) is 4.26. The maximum absolute atomic E-state index is 12.8. The van der Waals surface area contributed by atoms with E-state index in [9.17, 15) is 9.59 Å². The summed E-state index contributed by atoms with van der Waals surface area (Å²) >= 11 is 1.48. The Bertz CT molecular complexity index is 796. The van der Waals surface area contributed by atoms with Crippen LogP contribution in [0.25, 0.3) is 11.0 Å². The predicted octanol–water partition coefficient (Wildman–Crippen LogP) is 2.86. The number of esters is 1. The highest BCUT2D eigenvalue weighted by Crippen LogP contribution is 2.28. The zero-order valence-electron chi connectivity index (χ0n) is 15.5. The second-order valence-corrected chi connectivity index (χ2v) is 7.86. The summed E-state index contributed by atoms with van der Waals surface area (Å²) in [6, 6.07) is 7.96. The largest absolute Gasteiger partial charge is 0.466 e. The molecule has 0 aliphatic carbocycles. The quantitative estimate of drug-likeness (QED) is 0.594. The molecule has 1 aromatic carbocycles. The summed E-state index contributed by atoms with van der Waals surface area (Å²) in [6.45, 7) is 5.36. The second-order valence-electron chi connectivity index (χ2n) is 6.55. The Kier molecular flexibility index (Phi) is 5.86. The molecule has 1 aliphatic heterocycles. The number of imidazole rings is 1. The van der Waals surface area contributed by atoms with Crippen LogP contribution in [0.2, 0.25) is 0 Å². The molecular formula is C19H25N3O3S. The van der Waals surface area contributed by atoms with Gasteiger partial charge in [0.15, 0.2) is 5.16 Å². The fraction of sp³-hybridized carbons (Fsp3) is 0.526. The highest BCUT2D eigenvalue weighted by molar-refractivity contribution is 8.00. The highest BCUT2D eigenvalue weighted by Gasteiger charge is 2.30. The number of hydrogen-bond acceptors (Lipinski definition) is 5. The van der Waals surface area contributed by atoms with Crippen LogP contribution < -0.4 is 0 Å². The van der Waals surface area contributed by atoms with Crippen molar-refractivity contribution < 1.29 is 14.3 Å². The van der Waals surface area contributed by atoms with Crippen molar-refractivity contribution in [2.75, 3.05) is 19.7 Å². The first kappa shape index (κ1) is 18.8. The third kappa shape index (κ3) is 3.87. The Morgan fingerprint density at radius 2 is 2.00 bits per heavy atom. The van der Waals surface area contributed by atoms with E-state index in [1.54, 1.807) is 0 Å². The molecule has 3 rings (SSSR count). The van der Waals surface area contributed by atoms with Crippen molar-refractivity contribution in [2.45, 2.75) is 37.1 Å². The van der Waals surface area contributed by atoms with Crippen LogP contribution >= 0.6 is 11.8 Å². The van der Waals surface area contributed by atoms with Crippen molar-refractivity contribution >= 4 is 34.7 Å². The molecule has 2 heterocycles. The van der Waals surface area contributed by atoms with Gasteiger partial charge in [0.2, 0.25) is 5.91 Å². The van der Waals surface area contributed by atoms with E-state index in [-0.39, 0.29) is 23.0 Å². The number of likely N-dealkylation sites (tertiary alicyclic amines) is 1. The lowest BCUT2D eigenvalue weighted by Crippen LogP contribution is -2.43. The van der Waals surface area contributed by atoms with Gasteiger partial charge in [-0.15, -0.1) is 0 Å². The van der Waals surface area contributed by atoms with Crippen LogP contribution in [-0.4, -0.2) is 51.3 Å². The number of amides is 1. The molecule has 6 nitrogen and oxygen atoms in total. The van der Waals surface area contributed by atoms with Crippen LogP contribution in [-0.2, 0) is 21.4 Å². The number of aromatic nitrogens is 2. The van der Waals surface area contributed by atoms with E-state index in [0.29, 0.717) is 32.5 Å². The van der Waals surface area contributed by atoms with Gasteiger partial charge in [-0.25, -0.2) is 4.98 Å². The number of thioether (sulfide) groups is 1. The van der Waals surface area contributed by atoms with Gasteiger partial charge in [0.05, 0.1) is 28.8 Å². The third-order valence-electron chi connectivity index (χ3n) is 4.80. The van der Waals surface area contributed by atoms with E-state index in [1.807, 2.05) is 54.6 Å². The Morgan fingerprint density at radius 3 is 2.65 bits per heavy atom. The number of nitrogens with zero attached hydrogens (tertiary/aromatic N) is 3. The maximum Gasteiger partial charge on any atom is 0.309 e. The minimum Gasteiger partial charge on any atom is -0.466 e. The molecule has 2 aromatic rings. The number of ether oxygens (including phenoxy) is 1. The lowest BCUT2D eigenvalue weighted by Gasteiger charge is -2.32. The SMILES string of the molecule is CCOC(=O)C1CCN(C(=O)[C@@H](C)Sc2nc3ccccc3n2C)CC1. The molecule has 0 saturated carbocycles. The molecule has 1 atom stereocenters. The van der Waals surface area contributed by atoms with Crippen LogP contribution in [0.4, 0.5) is 0 Å². The summed E-state index contributed by atoms with van der Waals surface area (Å²) < 4.78 is 7.11. The van der Waals surface area contributed by atoms with Gasteiger partial charge in [0, 0.05) is 20.1 Å². The van der Waals surface area contributed by atoms with E-state index in [1.165, 1.54) is 11.8 Å². The van der Waals surface area contributed by atoms with Gasteiger partial charge in [0.25, 0.3) is 0 Å². The zero-order chi connectivity index (χ0) is 18.7. The van der Waals surface area contributed by atoms with E-state index < -0.39 is 0 Å². The molecule has 140 valence electrons. The molecule has 1 amide bonds. The number of para-hydroxylation sites is 2. The van der Waals surface area contributed by atoms with Gasteiger partial charge in [-0.05, 0) is 38.8 Å². The zero-order valence-corrected chi connectivity index (χ0v) is 16.3. The van der Waals surface area contributed by atoms with E-state index in [2.05, 4.69) is 4.98 Å². The van der Waals surface area contributed by atoms with Crippen molar-refractivity contribution in [1.29, 1.82) is 0 Å². The normalized spacial score (nSPS) is 16.7. The number of carbonyl (C=O) groups excluding carboxylic acids is 2. The summed E-state index contributed by atoms with van der Waals surface area (Å²) in [6.07, 6.45) is 1.35. The summed E-state index contributed by atoms with van der Waals surface area (Å²) in [5, 5.41) is 0.623. The minimum atomic E-state index is -0.218. The molecule has 1 aromatic heterocycles. The van der Waals surface area contributed by atoms with Crippen LogP contribution in [0.1, 0.15) is 26.7 Å². The monoisotopic (exact) mass is 375 g/mol. The maximum atomic E-state index is 12.8. The van der Waals surface area contributed by atoms with Crippen LogP contribution in [0.15, 0.2) is 29.4 Å². The molecule has 26 heavy (non-hydrogen) atoms. The first-order valence-electron chi connectivity index (χ1n) is 9.04. The third-order valence-corrected chi connectivity index (χ3v) is 5.93. The number of fused-ring (bicyclic) bond motifs is 1. The summed E-state index contributed by atoms with van der Waals surface area (Å²) in [7, 11) is 1.97. The number of aryl methyl sites for hydroxylation is 1. The molecule has 1 aliphatic rings. The van der Waals surface area contributed by atoms with Gasteiger partial charge >= 0.3 is 5.97 Å². The van der Waals surface area contributed by atoms with Crippen molar-refractivity contribution in [3.8, 4) is 0 Å². The molecule has 0 unspecified atom stereocenters. The standard InChI is InChI=1S/C19H25N3O3S/c1-4-25-18(24)14-9-11-22(12-10-14)17(23)13(2)26-19-20-15-7-5-6-8-16(15)21(19)3/h5-8,13-14H,4,9-12H2,1-3H3/t13-/m1/s1. The molecule has 0 radical (unpaired) electrons. The van der Waals surface area contributed by atoms with Crippen LogP contribution in [0, 0.1) is 5.92 Å². The predicted molar refractivity (Wildman–Crippen MR) is 102 cm³/mol. The van der Waals surface area contributed by atoms with Gasteiger partial charge in [-0.1, -0.05) is 23.9 Å². The van der Waals surface area contributed by atoms with Crippen LogP contribution in [0.3, 0.4) is 0 Å². The number of rotatable bonds is 5. The van der Waals surface area contributed by atoms with Gasteiger partial charge < -0.3 is 14.2 Å². The fourth-order valence-electron chi connectivity index (χ4n) is 3.29. The first-order valence-corrected chi connectivity index (χ1v) is 9.92. The molecule has 7 heteroatoms. The van der Waals surface area contributed by atoms with Gasteiger partial charge in [-0.3, -0.25) is 9.59 Å². The topological polar surface area (TPSA) is 64.4 Å². The van der Waals surface area contributed by atoms with E-state index in [0.717, 1.165) is 16.2 Å². The molecule has 0 bridgehead atoms. The second kappa shape index (κ2) is 8.12. The molecule has 0 spiro atoms.